The summed E-state index contributed by atoms with van der Waals surface area (Å²) in [6, 6.07) is 0. The standard InChI is InChI=1S/C8H15N3S2/c1-4-5-9-7-10-11-8(13-7)12-6(2)3/h6H,4-5H2,1-3H3,(H,9,10). The Morgan fingerprint density at radius 2 is 2.23 bits per heavy atom. The Balaban J connectivity index is 2.44. The summed E-state index contributed by atoms with van der Waals surface area (Å²) in [4.78, 5) is 0. The first-order valence-corrected chi connectivity index (χ1v) is 6.16. The minimum Gasteiger partial charge on any atom is -0.360 e. The minimum absolute atomic E-state index is 0.576. The smallest absolute Gasteiger partial charge is 0.206 e. The lowest BCUT2D eigenvalue weighted by Crippen LogP contribution is -1.98. The Kier molecular flexibility index (Phi) is 4.52. The number of hydrogen-bond acceptors (Lipinski definition) is 5. The monoisotopic (exact) mass is 217 g/mol. The van der Waals surface area contributed by atoms with E-state index in [0.717, 1.165) is 22.4 Å². The summed E-state index contributed by atoms with van der Waals surface area (Å²) in [6.45, 7) is 7.43. The van der Waals surface area contributed by atoms with E-state index >= 15 is 0 Å². The molecule has 5 heteroatoms. The number of aromatic nitrogens is 2. The summed E-state index contributed by atoms with van der Waals surface area (Å²) < 4.78 is 1.05. The Hall–Kier alpha value is -0.290. The molecule has 0 atom stereocenters. The van der Waals surface area contributed by atoms with E-state index in [1.807, 2.05) is 0 Å². The van der Waals surface area contributed by atoms with Crippen LogP contribution in [0.15, 0.2) is 4.34 Å². The molecule has 0 saturated heterocycles. The van der Waals surface area contributed by atoms with Gasteiger partial charge in [0.15, 0.2) is 4.34 Å². The third-order valence-corrected chi connectivity index (χ3v) is 3.24. The van der Waals surface area contributed by atoms with Gasteiger partial charge in [0, 0.05) is 11.8 Å². The Bertz CT molecular complexity index is 247. The Morgan fingerprint density at radius 1 is 1.46 bits per heavy atom. The Morgan fingerprint density at radius 3 is 2.85 bits per heavy atom. The number of nitrogens with one attached hydrogen (secondary N) is 1. The molecule has 74 valence electrons. The van der Waals surface area contributed by atoms with E-state index < -0.39 is 0 Å². The van der Waals surface area contributed by atoms with E-state index in [1.54, 1.807) is 23.1 Å². The highest BCUT2D eigenvalue weighted by molar-refractivity contribution is 8.01. The van der Waals surface area contributed by atoms with Gasteiger partial charge >= 0.3 is 0 Å². The Labute approximate surface area is 87.3 Å². The highest BCUT2D eigenvalue weighted by Gasteiger charge is 2.05. The topological polar surface area (TPSA) is 37.8 Å². The molecular formula is C8H15N3S2. The molecule has 1 rings (SSSR count). The number of thioether (sulfide) groups is 1. The van der Waals surface area contributed by atoms with Crippen LogP contribution in [0.1, 0.15) is 27.2 Å². The molecule has 1 aromatic rings. The van der Waals surface area contributed by atoms with Crippen molar-refractivity contribution in [1.82, 2.24) is 10.2 Å². The first-order valence-electron chi connectivity index (χ1n) is 4.46. The minimum atomic E-state index is 0.576. The zero-order valence-electron chi connectivity index (χ0n) is 8.20. The zero-order chi connectivity index (χ0) is 9.68. The molecule has 0 aliphatic heterocycles. The molecule has 1 N–H and O–H groups in total. The molecular weight excluding hydrogens is 202 g/mol. The van der Waals surface area contributed by atoms with Gasteiger partial charge in [-0.3, -0.25) is 0 Å². The van der Waals surface area contributed by atoms with Gasteiger partial charge in [-0.1, -0.05) is 43.9 Å². The molecule has 1 heterocycles. The van der Waals surface area contributed by atoms with Crippen molar-refractivity contribution in [2.24, 2.45) is 0 Å². The predicted octanol–water partition coefficient (Wildman–Crippen LogP) is 2.86. The molecule has 0 amide bonds. The van der Waals surface area contributed by atoms with Crippen LogP contribution in [0.4, 0.5) is 5.13 Å². The van der Waals surface area contributed by atoms with Crippen LogP contribution in [-0.2, 0) is 0 Å². The summed E-state index contributed by atoms with van der Waals surface area (Å²) in [7, 11) is 0. The average molecular weight is 217 g/mol. The predicted molar refractivity (Wildman–Crippen MR) is 59.7 cm³/mol. The van der Waals surface area contributed by atoms with Gasteiger partial charge in [-0.25, -0.2) is 0 Å². The van der Waals surface area contributed by atoms with Crippen molar-refractivity contribution < 1.29 is 0 Å². The zero-order valence-corrected chi connectivity index (χ0v) is 9.84. The first kappa shape index (κ1) is 10.8. The summed E-state index contributed by atoms with van der Waals surface area (Å²) in [5.74, 6) is 0. The van der Waals surface area contributed by atoms with Crippen molar-refractivity contribution in [3.8, 4) is 0 Å². The number of hydrogen-bond donors (Lipinski definition) is 1. The van der Waals surface area contributed by atoms with Gasteiger partial charge in [-0.2, -0.15) is 0 Å². The molecule has 0 bridgehead atoms. The van der Waals surface area contributed by atoms with Crippen molar-refractivity contribution in [1.29, 1.82) is 0 Å². The fraction of sp³-hybridized carbons (Fsp3) is 0.750. The first-order chi connectivity index (χ1) is 6.22. The summed E-state index contributed by atoms with van der Waals surface area (Å²) in [5, 5.41) is 12.9. The lowest BCUT2D eigenvalue weighted by Gasteiger charge is -1.97. The lowest BCUT2D eigenvalue weighted by atomic mass is 10.5. The quantitative estimate of drug-likeness (QED) is 0.770. The van der Waals surface area contributed by atoms with E-state index in [0.29, 0.717) is 5.25 Å². The molecule has 0 saturated carbocycles. The van der Waals surface area contributed by atoms with Crippen LogP contribution in [0, 0.1) is 0 Å². The van der Waals surface area contributed by atoms with Crippen LogP contribution < -0.4 is 5.32 Å². The van der Waals surface area contributed by atoms with Crippen molar-refractivity contribution >= 4 is 28.2 Å². The second-order valence-electron chi connectivity index (χ2n) is 2.97. The van der Waals surface area contributed by atoms with E-state index in [9.17, 15) is 0 Å². The maximum Gasteiger partial charge on any atom is 0.206 e. The van der Waals surface area contributed by atoms with Crippen LogP contribution in [0.25, 0.3) is 0 Å². The SMILES string of the molecule is CCCNc1nnc(SC(C)C)s1. The van der Waals surface area contributed by atoms with Crippen LogP contribution in [0.2, 0.25) is 0 Å². The molecule has 3 nitrogen and oxygen atoms in total. The summed E-state index contributed by atoms with van der Waals surface area (Å²) in [5.41, 5.74) is 0. The summed E-state index contributed by atoms with van der Waals surface area (Å²) >= 11 is 3.39. The highest BCUT2D eigenvalue weighted by Crippen LogP contribution is 2.28. The molecule has 0 unspecified atom stereocenters. The summed E-state index contributed by atoms with van der Waals surface area (Å²) in [6.07, 6.45) is 1.12. The van der Waals surface area contributed by atoms with Crippen LogP contribution in [-0.4, -0.2) is 22.0 Å². The van der Waals surface area contributed by atoms with Gasteiger partial charge < -0.3 is 5.32 Å². The van der Waals surface area contributed by atoms with Gasteiger partial charge in [0.2, 0.25) is 5.13 Å². The third kappa shape index (κ3) is 3.95. The molecule has 0 aromatic carbocycles. The maximum absolute atomic E-state index is 4.08. The van der Waals surface area contributed by atoms with E-state index in [4.69, 9.17) is 0 Å². The van der Waals surface area contributed by atoms with E-state index in [-0.39, 0.29) is 0 Å². The normalized spacial score (nSPS) is 10.8. The van der Waals surface area contributed by atoms with Crippen LogP contribution in [0.5, 0.6) is 0 Å². The van der Waals surface area contributed by atoms with Crippen molar-refractivity contribution in [3.63, 3.8) is 0 Å². The number of rotatable bonds is 5. The fourth-order valence-corrected chi connectivity index (χ4v) is 2.76. The molecule has 0 aliphatic rings. The van der Waals surface area contributed by atoms with E-state index in [1.165, 1.54) is 0 Å². The second kappa shape index (κ2) is 5.44. The molecule has 0 radical (unpaired) electrons. The van der Waals surface area contributed by atoms with Crippen molar-refractivity contribution in [2.45, 2.75) is 36.8 Å². The van der Waals surface area contributed by atoms with Crippen LogP contribution >= 0.6 is 23.1 Å². The highest BCUT2D eigenvalue weighted by atomic mass is 32.2. The van der Waals surface area contributed by atoms with E-state index in [2.05, 4.69) is 36.3 Å². The van der Waals surface area contributed by atoms with Gasteiger partial charge in [-0.15, -0.1) is 10.2 Å². The average Bonchev–Trinajstić information content (AvgIpc) is 2.48. The molecule has 13 heavy (non-hydrogen) atoms. The fourth-order valence-electron chi connectivity index (χ4n) is 0.762. The second-order valence-corrected chi connectivity index (χ2v) is 5.77. The number of anilines is 1. The van der Waals surface area contributed by atoms with Gasteiger partial charge in [0.1, 0.15) is 0 Å². The molecule has 0 spiro atoms. The van der Waals surface area contributed by atoms with Crippen LogP contribution in [0.3, 0.4) is 0 Å². The molecule has 0 fully saturated rings. The molecule has 0 aliphatic carbocycles. The van der Waals surface area contributed by atoms with Gasteiger partial charge in [0.05, 0.1) is 0 Å². The van der Waals surface area contributed by atoms with Gasteiger partial charge in [-0.05, 0) is 6.42 Å². The van der Waals surface area contributed by atoms with Crippen molar-refractivity contribution in [2.75, 3.05) is 11.9 Å². The van der Waals surface area contributed by atoms with Gasteiger partial charge in [0.25, 0.3) is 0 Å². The lowest BCUT2D eigenvalue weighted by molar-refractivity contribution is 0.949. The maximum atomic E-state index is 4.08. The third-order valence-electron chi connectivity index (χ3n) is 1.27. The van der Waals surface area contributed by atoms with Crippen molar-refractivity contribution in [3.05, 3.63) is 0 Å². The molecule has 1 aromatic heterocycles. The number of nitrogens with zero attached hydrogens (tertiary/aromatic N) is 2. The largest absolute Gasteiger partial charge is 0.360 e.